The number of para-hydroxylation sites is 1. The maximum atomic E-state index is 14.0. The molecule has 0 aliphatic carbocycles. The molecular weight excluding hydrogens is 887 g/mol. The molecule has 0 unspecified atom stereocenters. The Kier molecular flexibility index (Phi) is 24.7. The van der Waals surface area contributed by atoms with Crippen molar-refractivity contribution in [3.8, 4) is 0 Å². The number of benzene rings is 1. The summed E-state index contributed by atoms with van der Waals surface area (Å²) in [5, 5.41) is 39.4. The monoisotopic (exact) mass is 958 g/mol. The fraction of sp³-hybridized carbons (Fsp3) is 0.600. The summed E-state index contributed by atoms with van der Waals surface area (Å²) < 4.78 is 0. The molecule has 2 aromatic rings. The predicted octanol–water partition coefficient (Wildman–Crippen LogP) is -1.36. The number of aliphatic carboxylic acids is 2. The van der Waals surface area contributed by atoms with Gasteiger partial charge in [-0.2, -0.15) is 0 Å². The molecule has 0 aliphatic heterocycles. The van der Waals surface area contributed by atoms with Crippen LogP contribution in [0.5, 0.6) is 0 Å². The van der Waals surface area contributed by atoms with Gasteiger partial charge < -0.3 is 69.2 Å². The third-order valence-electron chi connectivity index (χ3n) is 10.6. The number of amides is 8. The lowest BCUT2D eigenvalue weighted by Gasteiger charge is -2.26. The highest BCUT2D eigenvalue weighted by molar-refractivity contribution is 5.97. The summed E-state index contributed by atoms with van der Waals surface area (Å²) in [7, 11) is 0. The maximum absolute atomic E-state index is 14.0. The van der Waals surface area contributed by atoms with Crippen molar-refractivity contribution in [3.63, 3.8) is 0 Å². The fourth-order valence-electron chi connectivity index (χ4n) is 6.94. The lowest BCUT2D eigenvalue weighted by molar-refractivity contribution is -0.143. The number of carbonyl (C=O) groups excluding carboxylic acids is 8. The Bertz CT molecular complexity index is 2060. The van der Waals surface area contributed by atoms with Gasteiger partial charge in [-0.3, -0.25) is 43.2 Å². The number of fused-ring (bicyclic) bond motifs is 1. The van der Waals surface area contributed by atoms with Gasteiger partial charge in [0.2, 0.25) is 47.3 Å². The van der Waals surface area contributed by atoms with Gasteiger partial charge >= 0.3 is 11.9 Å². The molecule has 15 N–H and O–H groups in total. The van der Waals surface area contributed by atoms with Crippen molar-refractivity contribution < 1.29 is 58.2 Å². The smallest absolute Gasteiger partial charge is 0.326 e. The van der Waals surface area contributed by atoms with E-state index in [4.69, 9.17) is 11.5 Å². The zero-order chi connectivity index (χ0) is 51.1. The van der Waals surface area contributed by atoms with Crippen LogP contribution in [-0.2, 0) is 54.4 Å². The number of hydrogen-bond donors (Lipinski definition) is 13. The number of carboxylic acid groups (broad SMARTS) is 2. The minimum atomic E-state index is -1.51. The van der Waals surface area contributed by atoms with E-state index in [0.717, 1.165) is 10.9 Å². The second kappa shape index (κ2) is 29.2. The molecule has 0 fully saturated rings. The van der Waals surface area contributed by atoms with E-state index in [1.54, 1.807) is 52.1 Å². The molecule has 1 aromatic carbocycles. The van der Waals surface area contributed by atoms with Crippen molar-refractivity contribution in [2.75, 3.05) is 26.2 Å². The summed E-state index contributed by atoms with van der Waals surface area (Å²) >= 11 is 0. The third-order valence-corrected chi connectivity index (χ3v) is 10.6. The van der Waals surface area contributed by atoms with Gasteiger partial charge in [0.1, 0.15) is 30.2 Å². The van der Waals surface area contributed by atoms with E-state index < -0.39 is 134 Å². The lowest BCUT2D eigenvalue weighted by Crippen LogP contribution is -2.58. The molecule has 0 radical (unpaired) electrons. The maximum Gasteiger partial charge on any atom is 0.326 e. The Balaban J connectivity index is 2.18. The number of hydrogen-bond acceptors (Lipinski definition) is 12. The Morgan fingerprint density at radius 2 is 1.13 bits per heavy atom. The molecule has 23 heteroatoms. The van der Waals surface area contributed by atoms with Crippen LogP contribution in [0.15, 0.2) is 30.5 Å². The topological polar surface area (TPSA) is 375 Å². The van der Waals surface area contributed by atoms with Gasteiger partial charge in [0.25, 0.3) is 0 Å². The summed E-state index contributed by atoms with van der Waals surface area (Å²) in [5.74, 6) is -9.48. The Labute approximate surface area is 395 Å². The SMILES string of the molecule is CC(C)C[C@H](NC(=O)[C@H](CCC(=O)O)NC(=O)CNC(=O)CNC(=O)[C@H](CC(C)C)NC(=O)[C@@H](N)CCCCN)C(=O)N[C@@H](Cc1c[nH]c2ccccc12)C(=O)NCC(=O)N[C@H](C(=O)O)C(C)C. The number of aromatic nitrogens is 1. The third kappa shape index (κ3) is 20.9. The molecule has 0 saturated carbocycles. The lowest BCUT2D eigenvalue weighted by atomic mass is 10.00. The quantitative estimate of drug-likeness (QED) is 0.0389. The van der Waals surface area contributed by atoms with Crippen LogP contribution in [0.4, 0.5) is 0 Å². The van der Waals surface area contributed by atoms with Crippen LogP contribution in [-0.4, -0.2) is 137 Å². The summed E-state index contributed by atoms with van der Waals surface area (Å²) in [6.45, 7) is 8.97. The standard InChI is InChI=1S/C45H71N11O12/c1-24(2)17-32(53-40(62)29(47)12-9-10-16-46)41(63)50-21-35(57)49-22-36(58)52-31(14-15-38(60)61)43(65)54-33(18-25(3)4)44(66)55-34(19-27-20-48-30-13-8-7-11-28(27)30)42(64)51-23-37(59)56-39(26(5)6)45(67)68/h7-8,11,13,20,24-26,29,31-34,39,48H,9-10,12,14-19,21-23,46-47H2,1-6H3,(H,49,57)(H,50,63)(H,51,64)(H,52,58)(H,53,62)(H,54,65)(H,55,66)(H,56,59)(H,60,61)(H,67,68)/t29-,31-,32-,33-,34-,39-/m0/s1. The van der Waals surface area contributed by atoms with Gasteiger partial charge in [-0.15, -0.1) is 0 Å². The van der Waals surface area contributed by atoms with Crippen molar-refractivity contribution in [2.24, 2.45) is 29.2 Å². The molecule has 6 atom stereocenters. The van der Waals surface area contributed by atoms with E-state index in [2.05, 4.69) is 47.5 Å². The number of unbranched alkanes of at least 4 members (excludes halogenated alkanes) is 1. The first-order valence-electron chi connectivity index (χ1n) is 22.8. The molecule has 1 heterocycles. The average Bonchev–Trinajstić information content (AvgIpc) is 3.68. The Morgan fingerprint density at radius 1 is 0.603 bits per heavy atom. The van der Waals surface area contributed by atoms with E-state index in [1.165, 1.54) is 0 Å². The van der Waals surface area contributed by atoms with E-state index in [1.807, 2.05) is 19.9 Å². The zero-order valence-electron chi connectivity index (χ0n) is 39.7. The number of H-pyrrole nitrogens is 1. The second-order valence-electron chi connectivity index (χ2n) is 17.8. The summed E-state index contributed by atoms with van der Waals surface area (Å²) in [6, 6.07) is -0.0431. The van der Waals surface area contributed by atoms with Gasteiger partial charge in [0.15, 0.2) is 0 Å². The van der Waals surface area contributed by atoms with Crippen molar-refractivity contribution in [3.05, 3.63) is 36.0 Å². The molecule has 8 amide bonds. The number of aromatic amines is 1. The van der Waals surface area contributed by atoms with Crippen LogP contribution in [0.1, 0.15) is 92.1 Å². The first-order valence-corrected chi connectivity index (χ1v) is 22.8. The van der Waals surface area contributed by atoms with Gasteiger partial charge in [0, 0.05) is 29.9 Å². The highest BCUT2D eigenvalue weighted by Gasteiger charge is 2.32. The van der Waals surface area contributed by atoms with Crippen LogP contribution in [0, 0.1) is 17.8 Å². The summed E-state index contributed by atoms with van der Waals surface area (Å²) in [5.41, 5.74) is 12.9. The van der Waals surface area contributed by atoms with E-state index in [-0.39, 0.29) is 31.1 Å². The van der Waals surface area contributed by atoms with Crippen molar-refractivity contribution in [2.45, 2.75) is 129 Å². The Hall–Kier alpha value is -6.62. The zero-order valence-corrected chi connectivity index (χ0v) is 39.7. The van der Waals surface area contributed by atoms with Crippen LogP contribution >= 0.6 is 0 Å². The van der Waals surface area contributed by atoms with E-state index in [0.29, 0.717) is 31.4 Å². The molecule has 0 saturated heterocycles. The van der Waals surface area contributed by atoms with Gasteiger partial charge in [-0.1, -0.05) is 66.2 Å². The average molecular weight is 958 g/mol. The second-order valence-corrected chi connectivity index (χ2v) is 17.8. The molecule has 23 nitrogen and oxygen atoms in total. The molecule has 2 rings (SSSR count). The summed E-state index contributed by atoms with van der Waals surface area (Å²) in [6.07, 6.45) is 2.53. The van der Waals surface area contributed by atoms with E-state index in [9.17, 15) is 58.2 Å². The van der Waals surface area contributed by atoms with Crippen LogP contribution < -0.4 is 54.0 Å². The molecule has 378 valence electrons. The van der Waals surface area contributed by atoms with E-state index >= 15 is 0 Å². The molecule has 0 spiro atoms. The Morgan fingerprint density at radius 3 is 1.72 bits per heavy atom. The minimum absolute atomic E-state index is 0.0175. The first-order chi connectivity index (χ1) is 32.0. The van der Waals surface area contributed by atoms with Crippen molar-refractivity contribution in [1.82, 2.24) is 47.5 Å². The first kappa shape index (κ1) is 57.5. The summed E-state index contributed by atoms with van der Waals surface area (Å²) in [4.78, 5) is 132. The van der Waals surface area contributed by atoms with Crippen LogP contribution in [0.3, 0.4) is 0 Å². The molecule has 1 aromatic heterocycles. The normalized spacial score (nSPS) is 13.9. The fourth-order valence-corrected chi connectivity index (χ4v) is 6.94. The van der Waals surface area contributed by atoms with Gasteiger partial charge in [-0.25, -0.2) is 4.79 Å². The number of nitrogens with two attached hydrogens (primary N) is 2. The molecule has 0 aliphatic rings. The largest absolute Gasteiger partial charge is 0.481 e. The highest BCUT2D eigenvalue weighted by atomic mass is 16.4. The van der Waals surface area contributed by atoms with Crippen molar-refractivity contribution in [1.29, 1.82) is 0 Å². The predicted molar refractivity (Wildman–Crippen MR) is 250 cm³/mol. The highest BCUT2D eigenvalue weighted by Crippen LogP contribution is 2.20. The van der Waals surface area contributed by atoms with Crippen LogP contribution in [0.2, 0.25) is 0 Å². The number of carboxylic acids is 2. The van der Waals surface area contributed by atoms with Gasteiger partial charge in [0.05, 0.1) is 25.7 Å². The van der Waals surface area contributed by atoms with Crippen LogP contribution in [0.25, 0.3) is 10.9 Å². The van der Waals surface area contributed by atoms with Gasteiger partial charge in [-0.05, 0) is 68.0 Å². The minimum Gasteiger partial charge on any atom is -0.481 e. The molecule has 0 bridgehead atoms. The van der Waals surface area contributed by atoms with Crippen molar-refractivity contribution >= 4 is 70.1 Å². The number of carbonyl (C=O) groups is 10. The number of rotatable bonds is 31. The number of nitrogens with one attached hydrogen (secondary N) is 9. The molecular formula is C45H71N11O12. The molecule has 68 heavy (non-hydrogen) atoms.